The highest BCUT2D eigenvalue weighted by Crippen LogP contribution is 2.33. The Hall–Kier alpha value is -0.940. The summed E-state index contributed by atoms with van der Waals surface area (Å²) >= 11 is 3.24. The van der Waals surface area contributed by atoms with E-state index in [-0.39, 0.29) is 23.8 Å². The van der Waals surface area contributed by atoms with Crippen molar-refractivity contribution in [3.63, 3.8) is 0 Å². The van der Waals surface area contributed by atoms with Crippen molar-refractivity contribution < 1.29 is 9.18 Å². The largest absolute Gasteiger partial charge is 0.334 e. The smallest absolute Gasteiger partial charge is 0.223 e. The predicted molar refractivity (Wildman–Crippen MR) is 76.1 cm³/mol. The van der Waals surface area contributed by atoms with Gasteiger partial charge in [-0.05, 0) is 25.0 Å². The van der Waals surface area contributed by atoms with Crippen molar-refractivity contribution >= 4 is 21.8 Å². The van der Waals surface area contributed by atoms with E-state index in [0.717, 1.165) is 6.42 Å². The molecule has 2 atom stereocenters. The van der Waals surface area contributed by atoms with E-state index >= 15 is 0 Å². The molecule has 0 aliphatic carbocycles. The molecular weight excluding hydrogens is 311 g/mol. The van der Waals surface area contributed by atoms with Crippen LogP contribution in [0.5, 0.6) is 0 Å². The normalized spacial score (nSPS) is 23.8. The van der Waals surface area contributed by atoms with Gasteiger partial charge in [0.05, 0.1) is 6.04 Å². The van der Waals surface area contributed by atoms with E-state index in [2.05, 4.69) is 15.9 Å². The van der Waals surface area contributed by atoms with E-state index in [1.54, 1.807) is 17.0 Å². The average Bonchev–Trinajstić information content (AvgIpc) is 2.36. The lowest BCUT2D eigenvalue weighted by Gasteiger charge is -2.40. The summed E-state index contributed by atoms with van der Waals surface area (Å²) in [7, 11) is 0. The number of piperidine rings is 1. The molecule has 0 aromatic heterocycles. The first-order chi connectivity index (χ1) is 9.04. The summed E-state index contributed by atoms with van der Waals surface area (Å²) in [6.07, 6.45) is 1.90. The second-order valence-corrected chi connectivity index (χ2v) is 5.82. The summed E-state index contributed by atoms with van der Waals surface area (Å²) in [5.41, 5.74) is 6.64. The lowest BCUT2D eigenvalue weighted by Crippen LogP contribution is -2.49. The number of benzene rings is 1. The highest BCUT2D eigenvalue weighted by atomic mass is 79.9. The minimum atomic E-state index is -0.353. The lowest BCUT2D eigenvalue weighted by molar-refractivity contribution is -0.137. The molecule has 3 nitrogen and oxygen atoms in total. The summed E-state index contributed by atoms with van der Waals surface area (Å²) in [5, 5.41) is 0. The van der Waals surface area contributed by atoms with E-state index in [9.17, 15) is 9.18 Å². The van der Waals surface area contributed by atoms with Crippen molar-refractivity contribution in [1.29, 1.82) is 0 Å². The Morgan fingerprint density at radius 2 is 2.26 bits per heavy atom. The molecule has 1 aliphatic heterocycles. The van der Waals surface area contributed by atoms with Crippen LogP contribution in [-0.4, -0.2) is 23.4 Å². The first-order valence-electron chi connectivity index (χ1n) is 6.54. The third kappa shape index (κ3) is 2.98. The monoisotopic (exact) mass is 328 g/mol. The van der Waals surface area contributed by atoms with Crippen LogP contribution in [0, 0.1) is 5.82 Å². The molecule has 5 heteroatoms. The number of amides is 1. The Balaban J connectivity index is 2.39. The molecule has 19 heavy (non-hydrogen) atoms. The topological polar surface area (TPSA) is 46.3 Å². The molecule has 2 rings (SSSR count). The number of carbonyl (C=O) groups excluding carboxylic acids is 1. The summed E-state index contributed by atoms with van der Waals surface area (Å²) in [6, 6.07) is 4.36. The van der Waals surface area contributed by atoms with Crippen LogP contribution < -0.4 is 5.73 Å². The predicted octanol–water partition coefficient (Wildman–Crippen LogP) is 2.99. The summed E-state index contributed by atoms with van der Waals surface area (Å²) in [4.78, 5) is 13.8. The number of likely N-dealkylation sites (tertiary alicyclic amines) is 1. The third-order valence-electron chi connectivity index (χ3n) is 3.50. The molecule has 0 saturated carbocycles. The SMILES string of the molecule is CCCN1C(=O)CCC(N)C1c1ccc(Br)cc1F. The maximum absolute atomic E-state index is 14.1. The van der Waals surface area contributed by atoms with Gasteiger partial charge in [-0.3, -0.25) is 4.79 Å². The van der Waals surface area contributed by atoms with Gasteiger partial charge in [0.2, 0.25) is 5.91 Å². The fraction of sp³-hybridized carbons (Fsp3) is 0.500. The third-order valence-corrected chi connectivity index (χ3v) is 3.99. The van der Waals surface area contributed by atoms with Crippen molar-refractivity contribution in [2.24, 2.45) is 5.73 Å². The van der Waals surface area contributed by atoms with Gasteiger partial charge < -0.3 is 10.6 Å². The van der Waals surface area contributed by atoms with Crippen LogP contribution in [0.15, 0.2) is 22.7 Å². The zero-order valence-electron chi connectivity index (χ0n) is 10.9. The fourth-order valence-electron chi connectivity index (χ4n) is 2.62. The molecule has 104 valence electrons. The van der Waals surface area contributed by atoms with E-state index in [1.165, 1.54) is 6.07 Å². The molecule has 0 spiro atoms. The van der Waals surface area contributed by atoms with Crippen LogP contribution in [0.4, 0.5) is 4.39 Å². The van der Waals surface area contributed by atoms with Gasteiger partial charge >= 0.3 is 0 Å². The first-order valence-corrected chi connectivity index (χ1v) is 7.34. The van der Waals surface area contributed by atoms with Crippen LogP contribution in [0.25, 0.3) is 0 Å². The molecule has 1 saturated heterocycles. The van der Waals surface area contributed by atoms with Crippen molar-refractivity contribution in [2.45, 2.75) is 38.3 Å². The molecule has 1 amide bonds. The molecule has 0 radical (unpaired) electrons. The molecule has 2 N–H and O–H groups in total. The number of hydrogen-bond donors (Lipinski definition) is 1. The van der Waals surface area contributed by atoms with Crippen molar-refractivity contribution in [3.8, 4) is 0 Å². The molecule has 1 aromatic carbocycles. The Labute approximate surface area is 121 Å². The first kappa shape index (κ1) is 14.5. The van der Waals surface area contributed by atoms with Gasteiger partial charge in [0, 0.05) is 29.0 Å². The number of nitrogens with two attached hydrogens (primary N) is 1. The maximum atomic E-state index is 14.1. The highest BCUT2D eigenvalue weighted by Gasteiger charge is 2.35. The number of halogens is 2. The summed E-state index contributed by atoms with van der Waals surface area (Å²) in [6.45, 7) is 2.62. The number of rotatable bonds is 3. The summed E-state index contributed by atoms with van der Waals surface area (Å²) in [5.74, 6) is -0.249. The lowest BCUT2D eigenvalue weighted by atomic mass is 9.90. The second kappa shape index (κ2) is 6.01. The van der Waals surface area contributed by atoms with Gasteiger partial charge in [-0.2, -0.15) is 0 Å². The molecule has 1 aliphatic rings. The second-order valence-electron chi connectivity index (χ2n) is 4.90. The van der Waals surface area contributed by atoms with Crippen LogP contribution in [0.2, 0.25) is 0 Å². The van der Waals surface area contributed by atoms with Gasteiger partial charge in [0.25, 0.3) is 0 Å². The minimum absolute atomic E-state index is 0.0656. The molecule has 1 aromatic rings. The Morgan fingerprint density at radius 3 is 2.89 bits per heavy atom. The van der Waals surface area contributed by atoms with Gasteiger partial charge in [-0.15, -0.1) is 0 Å². The quantitative estimate of drug-likeness (QED) is 0.927. The molecule has 1 heterocycles. The van der Waals surface area contributed by atoms with Crippen LogP contribution in [-0.2, 0) is 4.79 Å². The van der Waals surface area contributed by atoms with Gasteiger partial charge in [-0.25, -0.2) is 4.39 Å². The van der Waals surface area contributed by atoms with Crippen LogP contribution in [0.1, 0.15) is 37.8 Å². The van der Waals surface area contributed by atoms with E-state index in [1.807, 2.05) is 6.92 Å². The van der Waals surface area contributed by atoms with Gasteiger partial charge in [0.15, 0.2) is 0 Å². The Kier molecular flexibility index (Phi) is 4.58. The Bertz CT molecular complexity index is 481. The standard InChI is InChI=1S/C14H18BrFN2O/c1-2-7-18-13(19)6-5-12(17)14(18)10-4-3-9(15)8-11(10)16/h3-4,8,12,14H,2,5-7,17H2,1H3. The van der Waals surface area contributed by atoms with E-state index in [4.69, 9.17) is 5.73 Å². The van der Waals surface area contributed by atoms with E-state index in [0.29, 0.717) is 29.4 Å². The van der Waals surface area contributed by atoms with Gasteiger partial charge in [0.1, 0.15) is 5.82 Å². The number of carbonyl (C=O) groups is 1. The van der Waals surface area contributed by atoms with Crippen LogP contribution >= 0.6 is 15.9 Å². The van der Waals surface area contributed by atoms with Crippen molar-refractivity contribution in [2.75, 3.05) is 6.54 Å². The van der Waals surface area contributed by atoms with Crippen LogP contribution in [0.3, 0.4) is 0 Å². The highest BCUT2D eigenvalue weighted by molar-refractivity contribution is 9.10. The van der Waals surface area contributed by atoms with E-state index < -0.39 is 0 Å². The fourth-order valence-corrected chi connectivity index (χ4v) is 2.96. The Morgan fingerprint density at radius 1 is 1.53 bits per heavy atom. The summed E-state index contributed by atoms with van der Waals surface area (Å²) < 4.78 is 14.8. The zero-order valence-corrected chi connectivity index (χ0v) is 12.5. The molecule has 2 unspecified atom stereocenters. The average molecular weight is 329 g/mol. The maximum Gasteiger partial charge on any atom is 0.223 e. The minimum Gasteiger partial charge on any atom is -0.334 e. The van der Waals surface area contributed by atoms with Gasteiger partial charge in [-0.1, -0.05) is 28.9 Å². The van der Waals surface area contributed by atoms with Crippen molar-refractivity contribution in [3.05, 3.63) is 34.1 Å². The molecular formula is C14H18BrFN2O. The van der Waals surface area contributed by atoms with Crippen molar-refractivity contribution in [1.82, 2.24) is 4.90 Å². The number of hydrogen-bond acceptors (Lipinski definition) is 2. The number of nitrogens with zero attached hydrogens (tertiary/aromatic N) is 1. The zero-order chi connectivity index (χ0) is 14.0. The molecule has 0 bridgehead atoms. The molecule has 1 fully saturated rings.